The van der Waals surface area contributed by atoms with Gasteiger partial charge < -0.3 is 10.6 Å². The molecule has 0 aromatic heterocycles. The van der Waals surface area contributed by atoms with E-state index in [0.717, 1.165) is 5.69 Å². The number of hydrogen-bond acceptors (Lipinski definition) is 2. The molecule has 0 amide bonds. The van der Waals surface area contributed by atoms with E-state index in [4.69, 9.17) is 0 Å². The van der Waals surface area contributed by atoms with Gasteiger partial charge in [-0.25, -0.2) is 0 Å². The number of benzene rings is 2. The summed E-state index contributed by atoms with van der Waals surface area (Å²) in [4.78, 5) is 0. The summed E-state index contributed by atoms with van der Waals surface area (Å²) in [5.41, 5.74) is 7.54. The first kappa shape index (κ1) is 12.5. The second kappa shape index (κ2) is 5.13. The van der Waals surface area contributed by atoms with Crippen molar-refractivity contribution < 1.29 is 0 Å². The molecular formula is C16H20N2. The first-order valence-electron chi connectivity index (χ1n) is 6.23. The van der Waals surface area contributed by atoms with Gasteiger partial charge in [0.15, 0.2) is 0 Å². The van der Waals surface area contributed by atoms with Crippen LogP contribution >= 0.6 is 0 Å². The van der Waals surface area contributed by atoms with Crippen molar-refractivity contribution in [3.63, 3.8) is 0 Å². The van der Waals surface area contributed by atoms with E-state index in [1.54, 1.807) is 0 Å². The molecule has 2 rings (SSSR count). The monoisotopic (exact) mass is 240 g/mol. The Balaban J connectivity index is 2.47. The average Bonchev–Trinajstić information content (AvgIpc) is 2.42. The van der Waals surface area contributed by atoms with Crippen LogP contribution in [0.3, 0.4) is 0 Å². The zero-order valence-corrected chi connectivity index (χ0v) is 11.5. The maximum Gasteiger partial charge on any atom is 0.0370 e. The third-order valence-electron chi connectivity index (χ3n) is 3.54. The number of anilines is 2. The highest BCUT2D eigenvalue weighted by molar-refractivity contribution is 5.73. The van der Waals surface area contributed by atoms with Gasteiger partial charge in [-0.15, -0.1) is 0 Å². The van der Waals surface area contributed by atoms with Crippen LogP contribution in [0.2, 0.25) is 0 Å². The Hall–Kier alpha value is -1.96. The molecule has 0 bridgehead atoms. The van der Waals surface area contributed by atoms with Crippen LogP contribution in [0.15, 0.2) is 36.4 Å². The van der Waals surface area contributed by atoms with Gasteiger partial charge in [-0.2, -0.15) is 0 Å². The van der Waals surface area contributed by atoms with E-state index in [-0.39, 0.29) is 0 Å². The fraction of sp³-hybridized carbons (Fsp3) is 0.250. The molecule has 0 aliphatic rings. The van der Waals surface area contributed by atoms with Gasteiger partial charge in [0.1, 0.15) is 0 Å². The normalized spacial score (nSPS) is 10.2. The number of nitrogens with one attached hydrogen (secondary N) is 2. The van der Waals surface area contributed by atoms with Crippen molar-refractivity contribution in [3.8, 4) is 11.1 Å². The Bertz CT molecular complexity index is 542. The molecule has 2 aromatic rings. The molecule has 0 saturated carbocycles. The molecule has 0 fully saturated rings. The van der Waals surface area contributed by atoms with Crippen LogP contribution in [0.4, 0.5) is 11.4 Å². The molecule has 0 heterocycles. The van der Waals surface area contributed by atoms with E-state index < -0.39 is 0 Å². The molecular weight excluding hydrogens is 220 g/mol. The van der Waals surface area contributed by atoms with E-state index in [1.807, 2.05) is 14.1 Å². The lowest BCUT2D eigenvalue weighted by Gasteiger charge is -2.13. The van der Waals surface area contributed by atoms with Gasteiger partial charge in [-0.1, -0.05) is 18.2 Å². The minimum absolute atomic E-state index is 1.14. The molecule has 0 saturated heterocycles. The van der Waals surface area contributed by atoms with Gasteiger partial charge in [-0.05, 0) is 54.3 Å². The fourth-order valence-electron chi connectivity index (χ4n) is 2.22. The summed E-state index contributed by atoms with van der Waals surface area (Å²) in [6.45, 7) is 4.34. The maximum absolute atomic E-state index is 3.22. The minimum Gasteiger partial charge on any atom is -0.388 e. The third-order valence-corrected chi connectivity index (χ3v) is 3.54. The largest absolute Gasteiger partial charge is 0.388 e. The Kier molecular flexibility index (Phi) is 3.56. The highest BCUT2D eigenvalue weighted by Gasteiger charge is 2.07. The molecule has 94 valence electrons. The fourth-order valence-corrected chi connectivity index (χ4v) is 2.22. The quantitative estimate of drug-likeness (QED) is 0.845. The van der Waals surface area contributed by atoms with E-state index in [0.29, 0.717) is 0 Å². The molecule has 2 aromatic carbocycles. The molecule has 2 N–H and O–H groups in total. The lowest BCUT2D eigenvalue weighted by atomic mass is 9.96. The van der Waals surface area contributed by atoms with Crippen molar-refractivity contribution in [1.29, 1.82) is 0 Å². The number of hydrogen-bond donors (Lipinski definition) is 2. The Morgan fingerprint density at radius 2 is 1.39 bits per heavy atom. The first-order valence-corrected chi connectivity index (χ1v) is 6.23. The summed E-state index contributed by atoms with van der Waals surface area (Å²) < 4.78 is 0. The predicted molar refractivity (Wildman–Crippen MR) is 80.4 cm³/mol. The van der Waals surface area contributed by atoms with Crippen molar-refractivity contribution in [2.75, 3.05) is 24.7 Å². The Labute approximate surface area is 109 Å². The minimum atomic E-state index is 1.14. The Morgan fingerprint density at radius 1 is 0.722 bits per heavy atom. The van der Waals surface area contributed by atoms with E-state index in [9.17, 15) is 0 Å². The molecule has 0 atom stereocenters. The predicted octanol–water partition coefficient (Wildman–Crippen LogP) is 4.05. The highest BCUT2D eigenvalue weighted by Crippen LogP contribution is 2.30. The zero-order chi connectivity index (χ0) is 13.1. The topological polar surface area (TPSA) is 24.1 Å². The molecule has 0 radical (unpaired) electrons. The third kappa shape index (κ3) is 2.19. The lowest BCUT2D eigenvalue weighted by Crippen LogP contribution is -1.96. The molecule has 0 aliphatic heterocycles. The molecule has 2 heteroatoms. The smallest absolute Gasteiger partial charge is 0.0370 e. The SMILES string of the molecule is CNc1ccc(-c2ccc(NC)c(C)c2C)cc1. The van der Waals surface area contributed by atoms with Crippen LogP contribution in [-0.4, -0.2) is 14.1 Å². The van der Waals surface area contributed by atoms with Crippen molar-refractivity contribution in [1.82, 2.24) is 0 Å². The number of rotatable bonds is 3. The summed E-state index contributed by atoms with van der Waals surface area (Å²) in [6.07, 6.45) is 0. The lowest BCUT2D eigenvalue weighted by molar-refractivity contribution is 1.32. The molecule has 2 nitrogen and oxygen atoms in total. The van der Waals surface area contributed by atoms with Crippen LogP contribution in [0.1, 0.15) is 11.1 Å². The van der Waals surface area contributed by atoms with Crippen molar-refractivity contribution in [2.24, 2.45) is 0 Å². The van der Waals surface area contributed by atoms with Crippen LogP contribution in [0.5, 0.6) is 0 Å². The van der Waals surface area contributed by atoms with E-state index >= 15 is 0 Å². The maximum atomic E-state index is 3.22. The Morgan fingerprint density at radius 3 is 1.94 bits per heavy atom. The van der Waals surface area contributed by atoms with E-state index in [1.165, 1.54) is 27.9 Å². The van der Waals surface area contributed by atoms with Crippen LogP contribution in [0, 0.1) is 13.8 Å². The van der Waals surface area contributed by atoms with Crippen molar-refractivity contribution >= 4 is 11.4 Å². The molecule has 0 spiro atoms. The summed E-state index contributed by atoms with van der Waals surface area (Å²) in [5.74, 6) is 0. The van der Waals surface area contributed by atoms with Crippen LogP contribution in [-0.2, 0) is 0 Å². The summed E-state index contributed by atoms with van der Waals surface area (Å²) in [6, 6.07) is 12.9. The first-order chi connectivity index (χ1) is 8.67. The second-order valence-electron chi connectivity index (χ2n) is 4.49. The molecule has 0 aliphatic carbocycles. The molecule has 18 heavy (non-hydrogen) atoms. The van der Waals surface area contributed by atoms with E-state index in [2.05, 4.69) is 60.9 Å². The van der Waals surface area contributed by atoms with Gasteiger partial charge in [-0.3, -0.25) is 0 Å². The highest BCUT2D eigenvalue weighted by atomic mass is 14.8. The van der Waals surface area contributed by atoms with Gasteiger partial charge in [0.2, 0.25) is 0 Å². The van der Waals surface area contributed by atoms with Crippen LogP contribution in [0.25, 0.3) is 11.1 Å². The van der Waals surface area contributed by atoms with Gasteiger partial charge in [0, 0.05) is 25.5 Å². The van der Waals surface area contributed by atoms with Crippen molar-refractivity contribution in [3.05, 3.63) is 47.5 Å². The molecule has 0 unspecified atom stereocenters. The zero-order valence-electron chi connectivity index (χ0n) is 11.5. The van der Waals surface area contributed by atoms with Gasteiger partial charge >= 0.3 is 0 Å². The standard InChI is InChI=1S/C16H20N2/c1-11-12(2)16(18-4)10-9-15(11)13-5-7-14(17-3)8-6-13/h5-10,17-18H,1-4H3. The summed E-state index contributed by atoms with van der Waals surface area (Å²) >= 11 is 0. The van der Waals surface area contributed by atoms with Crippen LogP contribution < -0.4 is 10.6 Å². The summed E-state index contributed by atoms with van der Waals surface area (Å²) in [5, 5.41) is 6.36. The average molecular weight is 240 g/mol. The summed E-state index contributed by atoms with van der Waals surface area (Å²) in [7, 11) is 3.90. The second-order valence-corrected chi connectivity index (χ2v) is 4.49. The van der Waals surface area contributed by atoms with Crippen molar-refractivity contribution in [2.45, 2.75) is 13.8 Å². The van der Waals surface area contributed by atoms with Gasteiger partial charge in [0.05, 0.1) is 0 Å². The van der Waals surface area contributed by atoms with Gasteiger partial charge in [0.25, 0.3) is 0 Å².